The van der Waals surface area contributed by atoms with Gasteiger partial charge in [-0.15, -0.1) is 0 Å². The van der Waals surface area contributed by atoms with Crippen LogP contribution in [0.15, 0.2) is 36.7 Å². The Balaban J connectivity index is 1.51. The van der Waals surface area contributed by atoms with Gasteiger partial charge in [-0.1, -0.05) is 18.2 Å². The first-order chi connectivity index (χ1) is 12.4. The lowest BCUT2D eigenvalue weighted by Gasteiger charge is -2.24. The summed E-state index contributed by atoms with van der Waals surface area (Å²) < 4.78 is 23.3. The van der Waals surface area contributed by atoms with Crippen molar-refractivity contribution in [3.05, 3.63) is 47.9 Å². The Kier molecular flexibility index (Phi) is 4.14. The first-order valence-electron chi connectivity index (χ1n) is 8.60. The number of amides is 1. The minimum atomic E-state index is -2.96. The van der Waals surface area contributed by atoms with Crippen molar-refractivity contribution in [1.82, 2.24) is 9.97 Å². The fourth-order valence-electron chi connectivity index (χ4n) is 3.57. The van der Waals surface area contributed by atoms with Crippen molar-refractivity contribution >= 4 is 27.2 Å². The molecule has 2 aromatic rings. The van der Waals surface area contributed by atoms with Gasteiger partial charge in [-0.05, 0) is 24.5 Å². The average molecular weight is 372 g/mol. The number of fused-ring (bicyclic) bond motifs is 1. The molecule has 0 bridgehead atoms. The number of carbonyl (C=O) groups is 1. The minimum Gasteiger partial charge on any atom is -0.354 e. The van der Waals surface area contributed by atoms with Gasteiger partial charge in [-0.25, -0.2) is 18.4 Å². The summed E-state index contributed by atoms with van der Waals surface area (Å²) in [5, 5.41) is 0. The van der Waals surface area contributed by atoms with Crippen LogP contribution in [0, 0.1) is 0 Å². The van der Waals surface area contributed by atoms with E-state index in [1.165, 1.54) is 6.20 Å². The van der Waals surface area contributed by atoms with Crippen LogP contribution in [0.2, 0.25) is 0 Å². The highest BCUT2D eigenvalue weighted by atomic mass is 32.2. The maximum Gasteiger partial charge on any atom is 0.278 e. The van der Waals surface area contributed by atoms with E-state index in [1.807, 2.05) is 36.2 Å². The molecule has 0 N–H and O–H groups in total. The second kappa shape index (κ2) is 6.35. The van der Waals surface area contributed by atoms with Gasteiger partial charge < -0.3 is 9.80 Å². The standard InChI is InChI=1S/C18H20N4O3S/c1-21(14-7-9-26(24,25)12-14)17-11-19-15(10-20-17)18(23)22-8-6-13-4-2-3-5-16(13)22/h2-5,10-11,14H,6-9,12H2,1H3. The number of benzene rings is 1. The van der Waals surface area contributed by atoms with Gasteiger partial charge in [0.15, 0.2) is 9.84 Å². The fourth-order valence-corrected chi connectivity index (χ4v) is 5.34. The van der Waals surface area contributed by atoms with Crippen LogP contribution in [0.4, 0.5) is 11.5 Å². The highest BCUT2D eigenvalue weighted by Gasteiger charge is 2.32. The van der Waals surface area contributed by atoms with Crippen LogP contribution in [-0.2, 0) is 16.3 Å². The van der Waals surface area contributed by atoms with Gasteiger partial charge in [0.05, 0.1) is 23.9 Å². The zero-order valence-corrected chi connectivity index (χ0v) is 15.3. The second-order valence-corrected chi connectivity index (χ2v) is 8.99. The molecule has 1 atom stereocenters. The van der Waals surface area contributed by atoms with Crippen molar-refractivity contribution in [2.24, 2.45) is 0 Å². The molecule has 1 aromatic heterocycles. The van der Waals surface area contributed by atoms with E-state index < -0.39 is 9.84 Å². The number of hydrogen-bond acceptors (Lipinski definition) is 6. The topological polar surface area (TPSA) is 83.5 Å². The van der Waals surface area contributed by atoms with E-state index >= 15 is 0 Å². The molecule has 1 amide bonds. The van der Waals surface area contributed by atoms with Crippen LogP contribution < -0.4 is 9.80 Å². The normalized spacial score (nSPS) is 20.8. The molecule has 1 aromatic carbocycles. The minimum absolute atomic E-state index is 0.0960. The number of para-hydroxylation sites is 1. The summed E-state index contributed by atoms with van der Waals surface area (Å²) in [6, 6.07) is 7.77. The van der Waals surface area contributed by atoms with Crippen molar-refractivity contribution in [2.45, 2.75) is 18.9 Å². The predicted molar refractivity (Wildman–Crippen MR) is 99.3 cm³/mol. The molecule has 8 heteroatoms. The van der Waals surface area contributed by atoms with Crippen LogP contribution in [0.25, 0.3) is 0 Å². The van der Waals surface area contributed by atoms with Gasteiger partial charge in [0.1, 0.15) is 11.5 Å². The second-order valence-electron chi connectivity index (χ2n) is 6.76. The lowest BCUT2D eigenvalue weighted by molar-refractivity contribution is 0.0984. The Morgan fingerprint density at radius 1 is 1.23 bits per heavy atom. The molecule has 0 radical (unpaired) electrons. The van der Waals surface area contributed by atoms with Crippen molar-refractivity contribution in [2.75, 3.05) is 34.9 Å². The molecule has 0 saturated carbocycles. The van der Waals surface area contributed by atoms with E-state index in [1.54, 1.807) is 11.1 Å². The predicted octanol–water partition coefficient (Wildman–Crippen LogP) is 1.30. The van der Waals surface area contributed by atoms with Gasteiger partial charge in [0.25, 0.3) is 5.91 Å². The van der Waals surface area contributed by atoms with E-state index in [0.717, 1.165) is 17.7 Å². The molecule has 1 saturated heterocycles. The molecular weight excluding hydrogens is 352 g/mol. The number of sulfone groups is 1. The molecule has 0 aliphatic carbocycles. The van der Waals surface area contributed by atoms with Gasteiger partial charge >= 0.3 is 0 Å². The Bertz CT molecular complexity index is 943. The lowest BCUT2D eigenvalue weighted by atomic mass is 10.2. The van der Waals surface area contributed by atoms with E-state index in [9.17, 15) is 13.2 Å². The molecular formula is C18H20N4O3S. The summed E-state index contributed by atoms with van der Waals surface area (Å²) in [5.74, 6) is 0.752. The maximum absolute atomic E-state index is 12.8. The molecule has 7 nitrogen and oxygen atoms in total. The molecule has 3 heterocycles. The summed E-state index contributed by atoms with van der Waals surface area (Å²) in [7, 11) is -1.15. The summed E-state index contributed by atoms with van der Waals surface area (Å²) >= 11 is 0. The van der Waals surface area contributed by atoms with E-state index in [-0.39, 0.29) is 29.1 Å². The number of hydrogen-bond donors (Lipinski definition) is 0. The summed E-state index contributed by atoms with van der Waals surface area (Å²) in [5.41, 5.74) is 2.38. The van der Waals surface area contributed by atoms with Crippen LogP contribution in [0.3, 0.4) is 0 Å². The van der Waals surface area contributed by atoms with Gasteiger partial charge in [0, 0.05) is 25.3 Å². The third-order valence-corrected chi connectivity index (χ3v) is 6.86. The zero-order valence-electron chi connectivity index (χ0n) is 14.5. The molecule has 0 spiro atoms. The lowest BCUT2D eigenvalue weighted by Crippen LogP contribution is -2.34. The largest absolute Gasteiger partial charge is 0.354 e. The Labute approximate surface area is 152 Å². The van der Waals surface area contributed by atoms with Gasteiger partial charge in [-0.2, -0.15) is 0 Å². The van der Waals surface area contributed by atoms with Gasteiger partial charge in [-0.3, -0.25) is 4.79 Å². The van der Waals surface area contributed by atoms with E-state index in [2.05, 4.69) is 9.97 Å². The Morgan fingerprint density at radius 2 is 2.04 bits per heavy atom. The van der Waals surface area contributed by atoms with Crippen molar-refractivity contribution in [3.8, 4) is 0 Å². The van der Waals surface area contributed by atoms with Crippen LogP contribution in [0.5, 0.6) is 0 Å². The fraction of sp³-hybridized carbons (Fsp3) is 0.389. The number of rotatable bonds is 3. The first-order valence-corrected chi connectivity index (χ1v) is 10.4. The van der Waals surface area contributed by atoms with Crippen LogP contribution in [-0.4, -0.2) is 55.4 Å². The third-order valence-electron chi connectivity index (χ3n) is 5.11. The van der Waals surface area contributed by atoms with Gasteiger partial charge in [0.2, 0.25) is 0 Å². The molecule has 1 unspecified atom stereocenters. The van der Waals surface area contributed by atoms with E-state index in [0.29, 0.717) is 18.8 Å². The van der Waals surface area contributed by atoms with Crippen LogP contribution in [0.1, 0.15) is 22.5 Å². The molecule has 1 fully saturated rings. The quantitative estimate of drug-likeness (QED) is 0.808. The zero-order chi connectivity index (χ0) is 18.3. The molecule has 2 aliphatic rings. The Morgan fingerprint density at radius 3 is 2.73 bits per heavy atom. The van der Waals surface area contributed by atoms with Crippen LogP contribution >= 0.6 is 0 Å². The Hall–Kier alpha value is -2.48. The SMILES string of the molecule is CN(c1cnc(C(=O)N2CCc3ccccc32)cn1)C1CCS(=O)(=O)C1. The number of carbonyl (C=O) groups excluding carboxylic acids is 1. The smallest absolute Gasteiger partial charge is 0.278 e. The number of aromatic nitrogens is 2. The van der Waals surface area contributed by atoms with Crippen molar-refractivity contribution < 1.29 is 13.2 Å². The van der Waals surface area contributed by atoms with E-state index in [4.69, 9.17) is 0 Å². The summed E-state index contributed by atoms with van der Waals surface area (Å²) in [6.45, 7) is 0.640. The third kappa shape index (κ3) is 3.05. The first kappa shape index (κ1) is 17.0. The van der Waals surface area contributed by atoms with Crippen molar-refractivity contribution in [3.63, 3.8) is 0 Å². The highest BCUT2D eigenvalue weighted by Crippen LogP contribution is 2.28. The van der Waals surface area contributed by atoms with Crippen molar-refractivity contribution in [1.29, 1.82) is 0 Å². The summed E-state index contributed by atoms with van der Waals surface area (Å²) in [4.78, 5) is 24.9. The summed E-state index contributed by atoms with van der Waals surface area (Å²) in [6.07, 6.45) is 4.44. The maximum atomic E-state index is 12.8. The molecule has 26 heavy (non-hydrogen) atoms. The average Bonchev–Trinajstić information content (AvgIpc) is 3.24. The molecule has 2 aliphatic heterocycles. The number of nitrogens with zero attached hydrogens (tertiary/aromatic N) is 4. The number of anilines is 2. The highest BCUT2D eigenvalue weighted by molar-refractivity contribution is 7.91. The molecule has 136 valence electrons. The monoisotopic (exact) mass is 372 g/mol. The molecule has 4 rings (SSSR count).